The van der Waals surface area contributed by atoms with Crippen molar-refractivity contribution >= 4 is 5.97 Å². The Hall–Kier alpha value is -0.870. The van der Waals surface area contributed by atoms with Crippen LogP contribution in [0.5, 0.6) is 0 Å². The zero-order valence-electron chi connectivity index (χ0n) is 21.7. The summed E-state index contributed by atoms with van der Waals surface area (Å²) in [6.45, 7) is 11.9. The summed E-state index contributed by atoms with van der Waals surface area (Å²) in [5, 5.41) is 19.7. The molecule has 33 heavy (non-hydrogen) atoms. The van der Waals surface area contributed by atoms with Crippen LogP contribution in [0.15, 0.2) is 11.6 Å². The van der Waals surface area contributed by atoms with Crippen molar-refractivity contribution in [2.45, 2.75) is 111 Å². The van der Waals surface area contributed by atoms with Crippen LogP contribution < -0.4 is 0 Å². The molecule has 9 unspecified atom stereocenters. The number of carboxylic acids is 1. The summed E-state index contributed by atoms with van der Waals surface area (Å²) in [6, 6.07) is 0. The van der Waals surface area contributed by atoms with E-state index in [0.29, 0.717) is 23.2 Å². The third kappa shape index (κ3) is 4.68. The van der Waals surface area contributed by atoms with Crippen LogP contribution >= 0.6 is 0 Å². The fourth-order valence-corrected chi connectivity index (χ4v) is 8.95. The van der Waals surface area contributed by atoms with Gasteiger partial charge in [-0.05, 0) is 91.3 Å². The van der Waals surface area contributed by atoms with E-state index in [9.17, 15) is 15.0 Å². The highest BCUT2D eigenvalue weighted by atomic mass is 16.5. The molecule has 0 amide bonds. The summed E-state index contributed by atoms with van der Waals surface area (Å²) >= 11 is 0. The van der Waals surface area contributed by atoms with Crippen molar-refractivity contribution in [3.63, 3.8) is 0 Å². The van der Waals surface area contributed by atoms with Crippen molar-refractivity contribution in [1.29, 1.82) is 0 Å². The van der Waals surface area contributed by atoms with E-state index >= 15 is 0 Å². The average Bonchev–Trinajstić information content (AvgIpc) is 3.09. The van der Waals surface area contributed by atoms with Gasteiger partial charge in [0.05, 0.1) is 12.2 Å². The summed E-state index contributed by atoms with van der Waals surface area (Å²) in [7, 11) is 0. The molecule has 9 atom stereocenters. The third-order valence-corrected chi connectivity index (χ3v) is 10.7. The molecule has 0 radical (unpaired) electrons. The highest BCUT2D eigenvalue weighted by molar-refractivity contribution is 5.68. The summed E-state index contributed by atoms with van der Waals surface area (Å²) in [5.41, 5.74) is 1.80. The minimum Gasteiger partial charge on any atom is -0.480 e. The van der Waals surface area contributed by atoms with Gasteiger partial charge in [-0.1, -0.05) is 65.5 Å². The second kappa shape index (κ2) is 9.64. The number of aliphatic carboxylic acids is 1. The monoisotopic (exact) mass is 460 g/mol. The van der Waals surface area contributed by atoms with Gasteiger partial charge in [-0.3, -0.25) is 0 Å². The minimum atomic E-state index is -0.886. The Kier molecular flexibility index (Phi) is 7.37. The predicted octanol–water partition coefficient (Wildman–Crippen LogP) is 6.47. The van der Waals surface area contributed by atoms with Crippen molar-refractivity contribution in [3.8, 4) is 0 Å². The number of hydrogen-bond donors (Lipinski definition) is 2. The van der Waals surface area contributed by atoms with E-state index in [2.05, 4.69) is 40.7 Å². The van der Waals surface area contributed by atoms with Crippen LogP contribution in [0.1, 0.15) is 98.8 Å². The molecule has 0 spiro atoms. The van der Waals surface area contributed by atoms with Crippen molar-refractivity contribution in [2.24, 2.45) is 46.3 Å². The lowest BCUT2D eigenvalue weighted by molar-refractivity contribution is -0.151. The van der Waals surface area contributed by atoms with Crippen molar-refractivity contribution in [1.82, 2.24) is 0 Å². The standard InChI is InChI=1S/C29H48O4/c1-18(2)7-6-8-19(3)22-9-10-23-27-24(12-14-29(22,23)5)28(4)13-11-21(30)15-20(28)16-25(27)33-17-26(31)32/h16,18-19,21-25,27,30H,6-15,17H2,1-5H3,(H,31,32). The maximum Gasteiger partial charge on any atom is 0.329 e. The van der Waals surface area contributed by atoms with Crippen molar-refractivity contribution in [2.75, 3.05) is 6.61 Å². The maximum atomic E-state index is 11.4. The molecular weight excluding hydrogens is 412 g/mol. The molecule has 4 aliphatic rings. The topological polar surface area (TPSA) is 66.8 Å². The zero-order chi connectivity index (χ0) is 24.0. The van der Waals surface area contributed by atoms with Gasteiger partial charge in [0, 0.05) is 0 Å². The quantitative estimate of drug-likeness (QED) is 0.407. The highest BCUT2D eigenvalue weighted by Gasteiger charge is 2.61. The van der Waals surface area contributed by atoms with Crippen molar-refractivity contribution in [3.05, 3.63) is 11.6 Å². The van der Waals surface area contributed by atoms with E-state index in [1.54, 1.807) is 0 Å². The summed E-state index contributed by atoms with van der Waals surface area (Å²) in [4.78, 5) is 11.4. The summed E-state index contributed by atoms with van der Waals surface area (Å²) in [5.74, 6) is 2.96. The number of hydrogen-bond acceptors (Lipinski definition) is 3. The molecule has 0 aliphatic heterocycles. The van der Waals surface area contributed by atoms with Gasteiger partial charge in [-0.2, -0.15) is 0 Å². The van der Waals surface area contributed by atoms with Crippen LogP contribution in [0.4, 0.5) is 0 Å². The molecule has 0 aromatic carbocycles. The molecule has 188 valence electrons. The van der Waals surface area contributed by atoms with Gasteiger partial charge in [0.25, 0.3) is 0 Å². The maximum absolute atomic E-state index is 11.4. The number of rotatable bonds is 8. The van der Waals surface area contributed by atoms with Crippen LogP contribution in [0.3, 0.4) is 0 Å². The van der Waals surface area contributed by atoms with Gasteiger partial charge < -0.3 is 14.9 Å². The molecule has 4 heteroatoms. The van der Waals surface area contributed by atoms with E-state index in [0.717, 1.165) is 37.0 Å². The lowest BCUT2D eigenvalue weighted by atomic mass is 9.46. The number of carbonyl (C=O) groups is 1. The third-order valence-electron chi connectivity index (χ3n) is 10.7. The molecule has 2 N–H and O–H groups in total. The van der Waals surface area contributed by atoms with Crippen LogP contribution in [-0.4, -0.2) is 35.0 Å². The normalized spacial score (nSPS) is 43.4. The fourth-order valence-electron chi connectivity index (χ4n) is 8.95. The molecule has 3 fully saturated rings. The van der Waals surface area contributed by atoms with Crippen molar-refractivity contribution < 1.29 is 19.7 Å². The first kappa shape index (κ1) is 25.2. The summed E-state index contributed by atoms with van der Waals surface area (Å²) < 4.78 is 6.13. The summed E-state index contributed by atoms with van der Waals surface area (Å²) in [6.07, 6.45) is 13.6. The number of aliphatic hydroxyl groups is 1. The van der Waals surface area contributed by atoms with Gasteiger partial charge in [-0.25, -0.2) is 4.79 Å². The zero-order valence-corrected chi connectivity index (χ0v) is 21.7. The van der Waals surface area contributed by atoms with Gasteiger partial charge in [-0.15, -0.1) is 0 Å². The predicted molar refractivity (Wildman–Crippen MR) is 132 cm³/mol. The number of aliphatic hydroxyl groups excluding tert-OH is 1. The Morgan fingerprint density at radius 1 is 1.09 bits per heavy atom. The Morgan fingerprint density at radius 3 is 2.55 bits per heavy atom. The Labute approximate surface area is 201 Å². The smallest absolute Gasteiger partial charge is 0.329 e. The van der Waals surface area contributed by atoms with Crippen LogP contribution in [0, 0.1) is 46.3 Å². The lowest BCUT2D eigenvalue weighted by Gasteiger charge is -2.60. The molecule has 4 nitrogen and oxygen atoms in total. The first-order valence-electron chi connectivity index (χ1n) is 13.8. The molecule has 4 aliphatic carbocycles. The largest absolute Gasteiger partial charge is 0.480 e. The molecule has 0 bridgehead atoms. The molecular formula is C29H48O4. The molecule has 0 aromatic heterocycles. The molecule has 0 heterocycles. The van der Waals surface area contributed by atoms with E-state index < -0.39 is 5.97 Å². The average molecular weight is 461 g/mol. The van der Waals surface area contributed by atoms with Crippen LogP contribution in [0.2, 0.25) is 0 Å². The molecule has 0 saturated heterocycles. The number of fused-ring (bicyclic) bond motifs is 5. The lowest BCUT2D eigenvalue weighted by Crippen LogP contribution is -2.55. The number of carboxylic acid groups (broad SMARTS) is 1. The SMILES string of the molecule is CC(C)CCCC(C)C1CCC2C3C(OCC(=O)O)C=C4CC(O)CCC4(C)C3CCC12C. The Bertz CT molecular complexity index is 744. The van der Waals surface area contributed by atoms with Gasteiger partial charge in [0.15, 0.2) is 0 Å². The van der Waals surface area contributed by atoms with Gasteiger partial charge in [0.1, 0.15) is 6.61 Å². The fraction of sp³-hybridized carbons (Fsp3) is 0.897. The molecule has 4 rings (SSSR count). The van der Waals surface area contributed by atoms with Gasteiger partial charge in [0.2, 0.25) is 0 Å². The van der Waals surface area contributed by atoms with E-state index in [4.69, 9.17) is 4.74 Å². The minimum absolute atomic E-state index is 0.126. The number of ether oxygens (including phenoxy) is 1. The van der Waals surface area contributed by atoms with Crippen LogP contribution in [0.25, 0.3) is 0 Å². The second-order valence-corrected chi connectivity index (χ2v) is 13.0. The first-order chi connectivity index (χ1) is 15.6. The first-order valence-corrected chi connectivity index (χ1v) is 13.8. The molecule has 0 aromatic rings. The Balaban J connectivity index is 1.60. The van der Waals surface area contributed by atoms with Gasteiger partial charge >= 0.3 is 5.97 Å². The Morgan fingerprint density at radius 2 is 1.85 bits per heavy atom. The van der Waals surface area contributed by atoms with E-state index in [1.165, 1.54) is 50.5 Å². The second-order valence-electron chi connectivity index (χ2n) is 13.0. The van der Waals surface area contributed by atoms with E-state index in [-0.39, 0.29) is 24.2 Å². The van der Waals surface area contributed by atoms with E-state index in [1.807, 2.05) is 0 Å². The highest BCUT2D eigenvalue weighted by Crippen LogP contribution is 2.67. The molecule has 3 saturated carbocycles. The van der Waals surface area contributed by atoms with Crippen LogP contribution in [-0.2, 0) is 9.53 Å².